The number of hydrogen-bond acceptors (Lipinski definition) is 3. The molecule has 3 aliphatic rings. The standard InChI is InChI=1S/C27H41N3O/c1-4-18-30-21-26(14-13-22(30)2)27(31)28-17-9-8-10-24-15-19-29(20-16-24)23(3)25-11-6-5-7-12-25/h4,13-14,18,21,24-25H,2-3,5-12,15-17,19-20H2,1H3,(H,28,31)/b18-4-. The number of amides is 1. The third-order valence-corrected chi connectivity index (χ3v) is 7.06. The van der Waals surface area contributed by atoms with E-state index in [0.29, 0.717) is 5.57 Å². The van der Waals surface area contributed by atoms with Gasteiger partial charge in [0.2, 0.25) is 0 Å². The molecule has 0 aromatic rings. The van der Waals surface area contributed by atoms with E-state index in [9.17, 15) is 4.79 Å². The second kappa shape index (κ2) is 12.0. The number of carbonyl (C=O) groups excluding carboxylic acids is 1. The van der Waals surface area contributed by atoms with Crippen LogP contribution in [0.1, 0.15) is 71.1 Å². The van der Waals surface area contributed by atoms with Crippen molar-refractivity contribution in [3.05, 3.63) is 60.8 Å². The van der Waals surface area contributed by atoms with Crippen molar-refractivity contribution in [3.63, 3.8) is 0 Å². The van der Waals surface area contributed by atoms with Crippen LogP contribution in [0.3, 0.4) is 0 Å². The Hall–Kier alpha value is -2.23. The van der Waals surface area contributed by atoms with Crippen LogP contribution in [-0.2, 0) is 4.79 Å². The number of nitrogens with one attached hydrogen (secondary N) is 1. The summed E-state index contributed by atoms with van der Waals surface area (Å²) >= 11 is 0. The first-order chi connectivity index (χ1) is 15.1. The number of piperidine rings is 1. The first-order valence-electron chi connectivity index (χ1n) is 12.3. The van der Waals surface area contributed by atoms with E-state index >= 15 is 0 Å². The van der Waals surface area contributed by atoms with Gasteiger partial charge in [-0.15, -0.1) is 0 Å². The lowest BCUT2D eigenvalue weighted by Crippen LogP contribution is -2.35. The zero-order valence-corrected chi connectivity index (χ0v) is 19.5. The normalized spacial score (nSPS) is 20.9. The van der Waals surface area contributed by atoms with Crippen LogP contribution in [0.4, 0.5) is 0 Å². The maximum Gasteiger partial charge on any atom is 0.252 e. The van der Waals surface area contributed by atoms with Gasteiger partial charge in [0.05, 0.1) is 5.57 Å². The Balaban J connectivity index is 1.29. The molecule has 1 N–H and O–H groups in total. The zero-order valence-electron chi connectivity index (χ0n) is 19.5. The van der Waals surface area contributed by atoms with Gasteiger partial charge >= 0.3 is 0 Å². The van der Waals surface area contributed by atoms with Crippen molar-refractivity contribution in [1.82, 2.24) is 15.1 Å². The molecule has 0 aromatic carbocycles. The van der Waals surface area contributed by atoms with Crippen LogP contribution < -0.4 is 5.32 Å². The van der Waals surface area contributed by atoms with Crippen molar-refractivity contribution in [1.29, 1.82) is 0 Å². The van der Waals surface area contributed by atoms with E-state index < -0.39 is 0 Å². The highest BCUT2D eigenvalue weighted by molar-refractivity contribution is 5.96. The molecule has 1 saturated carbocycles. The third-order valence-electron chi connectivity index (χ3n) is 7.06. The summed E-state index contributed by atoms with van der Waals surface area (Å²) in [6.07, 6.45) is 22.4. The van der Waals surface area contributed by atoms with Crippen LogP contribution in [-0.4, -0.2) is 35.3 Å². The monoisotopic (exact) mass is 423 g/mol. The lowest BCUT2D eigenvalue weighted by atomic mass is 9.85. The molecule has 1 amide bonds. The largest absolute Gasteiger partial charge is 0.375 e. The van der Waals surface area contributed by atoms with E-state index in [-0.39, 0.29) is 5.91 Å². The van der Waals surface area contributed by atoms with Crippen LogP contribution in [0.25, 0.3) is 0 Å². The van der Waals surface area contributed by atoms with Crippen LogP contribution in [0, 0.1) is 11.8 Å². The van der Waals surface area contributed by atoms with Crippen molar-refractivity contribution in [3.8, 4) is 0 Å². The Morgan fingerprint density at radius 2 is 1.87 bits per heavy atom. The predicted octanol–water partition coefficient (Wildman–Crippen LogP) is 5.88. The molecule has 2 aliphatic heterocycles. The fourth-order valence-electron chi connectivity index (χ4n) is 5.05. The number of rotatable bonds is 9. The molecular weight excluding hydrogens is 382 g/mol. The molecule has 170 valence electrons. The molecule has 0 aromatic heterocycles. The summed E-state index contributed by atoms with van der Waals surface area (Å²) in [5, 5.41) is 3.07. The molecule has 1 aliphatic carbocycles. The minimum Gasteiger partial charge on any atom is -0.375 e. The lowest BCUT2D eigenvalue weighted by molar-refractivity contribution is -0.117. The maximum absolute atomic E-state index is 12.4. The molecule has 0 radical (unpaired) electrons. The SMILES string of the molecule is C=C1C=CC(C(=O)NCCCCC2CCN(C(=C)C3CCCCC3)CC2)=CN1/C=C\C. The number of allylic oxidation sites excluding steroid dienone is 3. The van der Waals surface area contributed by atoms with Crippen molar-refractivity contribution in [2.45, 2.75) is 71.1 Å². The van der Waals surface area contributed by atoms with E-state index in [1.807, 2.05) is 42.5 Å². The topological polar surface area (TPSA) is 35.6 Å². The first-order valence-corrected chi connectivity index (χ1v) is 12.3. The fraction of sp³-hybridized carbons (Fsp3) is 0.593. The molecule has 0 bridgehead atoms. The van der Waals surface area contributed by atoms with Gasteiger partial charge in [0.15, 0.2) is 0 Å². The summed E-state index contributed by atoms with van der Waals surface area (Å²) in [5.41, 5.74) is 2.96. The Bertz CT molecular complexity index is 719. The summed E-state index contributed by atoms with van der Waals surface area (Å²) in [5.74, 6) is 1.56. The average Bonchev–Trinajstić information content (AvgIpc) is 2.81. The summed E-state index contributed by atoms with van der Waals surface area (Å²) < 4.78 is 0. The minimum atomic E-state index is -0.00668. The van der Waals surface area contributed by atoms with E-state index in [2.05, 4.69) is 23.4 Å². The van der Waals surface area contributed by atoms with Crippen molar-refractivity contribution in [2.75, 3.05) is 19.6 Å². The number of likely N-dealkylation sites (tertiary alicyclic amines) is 1. The molecule has 4 nitrogen and oxygen atoms in total. The van der Waals surface area contributed by atoms with Gasteiger partial charge in [0.1, 0.15) is 0 Å². The Morgan fingerprint density at radius 3 is 2.58 bits per heavy atom. The van der Waals surface area contributed by atoms with Crippen LogP contribution in [0.5, 0.6) is 0 Å². The second-order valence-corrected chi connectivity index (χ2v) is 9.31. The number of nitrogens with zero attached hydrogens (tertiary/aromatic N) is 2. The summed E-state index contributed by atoms with van der Waals surface area (Å²) in [4.78, 5) is 16.9. The highest BCUT2D eigenvalue weighted by atomic mass is 16.1. The Labute approximate surface area is 189 Å². The van der Waals surface area contributed by atoms with Gasteiger partial charge in [-0.25, -0.2) is 0 Å². The molecule has 4 heteroatoms. The van der Waals surface area contributed by atoms with Gasteiger partial charge in [-0.05, 0) is 63.0 Å². The molecule has 0 unspecified atom stereocenters. The van der Waals surface area contributed by atoms with Crippen LogP contribution >= 0.6 is 0 Å². The maximum atomic E-state index is 12.4. The van der Waals surface area contributed by atoms with Gasteiger partial charge < -0.3 is 15.1 Å². The molecule has 0 spiro atoms. The predicted molar refractivity (Wildman–Crippen MR) is 130 cm³/mol. The molecule has 2 heterocycles. The molecule has 0 atom stereocenters. The molecule has 2 fully saturated rings. The highest BCUT2D eigenvalue weighted by Gasteiger charge is 2.25. The second-order valence-electron chi connectivity index (χ2n) is 9.31. The Kier molecular flexibility index (Phi) is 9.05. The highest BCUT2D eigenvalue weighted by Crippen LogP contribution is 2.33. The van der Waals surface area contributed by atoms with Crippen molar-refractivity contribution >= 4 is 5.91 Å². The molecule has 1 saturated heterocycles. The number of carbonyl (C=O) groups is 1. The summed E-state index contributed by atoms with van der Waals surface area (Å²) in [6.45, 7) is 13.5. The van der Waals surface area contributed by atoms with Gasteiger partial charge in [-0.2, -0.15) is 0 Å². The molecule has 3 rings (SSSR count). The van der Waals surface area contributed by atoms with Crippen molar-refractivity contribution < 1.29 is 4.79 Å². The average molecular weight is 424 g/mol. The number of unbranched alkanes of at least 4 members (excludes halogenated alkanes) is 1. The first kappa shape index (κ1) is 23.4. The van der Waals surface area contributed by atoms with Gasteiger partial charge in [-0.3, -0.25) is 4.79 Å². The number of hydrogen-bond donors (Lipinski definition) is 1. The third kappa shape index (κ3) is 6.88. The summed E-state index contributed by atoms with van der Waals surface area (Å²) in [7, 11) is 0. The smallest absolute Gasteiger partial charge is 0.252 e. The van der Waals surface area contributed by atoms with E-state index in [0.717, 1.165) is 30.5 Å². The molecule has 31 heavy (non-hydrogen) atoms. The summed E-state index contributed by atoms with van der Waals surface area (Å²) in [6, 6.07) is 0. The van der Waals surface area contributed by atoms with Gasteiger partial charge in [-0.1, -0.05) is 51.3 Å². The minimum absolute atomic E-state index is 0.00668. The van der Waals surface area contributed by atoms with Crippen molar-refractivity contribution in [2.24, 2.45) is 11.8 Å². The van der Waals surface area contributed by atoms with E-state index in [4.69, 9.17) is 0 Å². The van der Waals surface area contributed by atoms with E-state index in [1.54, 1.807) is 0 Å². The van der Waals surface area contributed by atoms with Crippen LogP contribution in [0.2, 0.25) is 0 Å². The zero-order chi connectivity index (χ0) is 22.1. The van der Waals surface area contributed by atoms with Gasteiger partial charge in [0.25, 0.3) is 5.91 Å². The van der Waals surface area contributed by atoms with E-state index in [1.165, 1.54) is 76.6 Å². The lowest BCUT2D eigenvalue weighted by Gasteiger charge is -2.38. The molecular formula is C27H41N3O. The van der Waals surface area contributed by atoms with Gasteiger partial charge in [0, 0.05) is 43.4 Å². The fourth-order valence-corrected chi connectivity index (χ4v) is 5.05. The quantitative estimate of drug-likeness (QED) is 0.470. The Morgan fingerprint density at radius 1 is 1.13 bits per heavy atom. The van der Waals surface area contributed by atoms with Crippen LogP contribution in [0.15, 0.2) is 60.8 Å².